The molecule has 25 heavy (non-hydrogen) atoms. The number of halogens is 1. The maximum absolute atomic E-state index is 9.55. The van der Waals surface area contributed by atoms with E-state index in [-0.39, 0.29) is 12.4 Å². The summed E-state index contributed by atoms with van der Waals surface area (Å²) in [7, 11) is 0. The van der Waals surface area contributed by atoms with E-state index in [1.165, 1.54) is 0 Å². The van der Waals surface area contributed by atoms with Crippen molar-refractivity contribution in [2.75, 3.05) is 6.54 Å². The summed E-state index contributed by atoms with van der Waals surface area (Å²) in [6.07, 6.45) is 6.21. The fourth-order valence-corrected chi connectivity index (χ4v) is 2.57. The van der Waals surface area contributed by atoms with Crippen LogP contribution in [0.3, 0.4) is 0 Å². The van der Waals surface area contributed by atoms with Crippen LogP contribution >= 0.6 is 0 Å². The van der Waals surface area contributed by atoms with Crippen molar-refractivity contribution in [3.8, 4) is 11.3 Å². The van der Waals surface area contributed by atoms with E-state index in [9.17, 15) is 5.11 Å². The van der Waals surface area contributed by atoms with Gasteiger partial charge in [0.1, 0.15) is 11.5 Å². The van der Waals surface area contributed by atoms with Crippen molar-refractivity contribution in [3.05, 3.63) is 66.4 Å². The van der Waals surface area contributed by atoms with Crippen molar-refractivity contribution in [1.29, 1.82) is 0 Å². The van der Waals surface area contributed by atoms with Crippen molar-refractivity contribution in [2.45, 2.75) is 32.5 Å². The molecule has 1 unspecified atom stereocenters. The standard InChI is InChI=1S/C19H23N3O2.ClH/c1-15(23)16-3-5-17(6-4-16)19-8-7-18(24-19)13-20-9-2-11-22-12-10-21-14-22;/h3-8,10,12,14-15,20,23H,2,9,11,13H2,1H3;1H/p-1. The third-order valence-electron chi connectivity index (χ3n) is 3.97. The van der Waals surface area contributed by atoms with E-state index < -0.39 is 6.10 Å². The lowest BCUT2D eigenvalue weighted by atomic mass is 10.1. The predicted molar refractivity (Wildman–Crippen MR) is 93.3 cm³/mol. The highest BCUT2D eigenvalue weighted by atomic mass is 35.5. The molecule has 0 spiro atoms. The molecule has 3 rings (SSSR count). The van der Waals surface area contributed by atoms with Gasteiger partial charge in [-0.3, -0.25) is 0 Å². The van der Waals surface area contributed by atoms with Crippen LogP contribution < -0.4 is 17.7 Å². The van der Waals surface area contributed by atoms with Gasteiger partial charge in [-0.1, -0.05) is 24.3 Å². The Morgan fingerprint density at radius 1 is 1.20 bits per heavy atom. The van der Waals surface area contributed by atoms with Crippen LogP contribution in [0.4, 0.5) is 0 Å². The number of aromatic nitrogens is 2. The quantitative estimate of drug-likeness (QED) is 0.570. The predicted octanol–water partition coefficient (Wildman–Crippen LogP) is 0.380. The van der Waals surface area contributed by atoms with Crippen LogP contribution in [0.25, 0.3) is 11.3 Å². The molecule has 6 heteroatoms. The third kappa shape index (κ3) is 5.46. The Labute approximate surface area is 154 Å². The average molecular weight is 361 g/mol. The first-order chi connectivity index (χ1) is 11.7. The van der Waals surface area contributed by atoms with Gasteiger partial charge in [0.2, 0.25) is 0 Å². The molecule has 0 amide bonds. The Balaban J connectivity index is 0.00000225. The number of imidazole rings is 1. The van der Waals surface area contributed by atoms with Crippen molar-refractivity contribution in [1.82, 2.24) is 14.9 Å². The number of hydrogen-bond acceptors (Lipinski definition) is 4. The molecular formula is C19H23ClN3O2-. The second kappa shape index (κ2) is 9.42. The molecule has 1 atom stereocenters. The molecule has 0 saturated carbocycles. The van der Waals surface area contributed by atoms with Gasteiger partial charge < -0.3 is 31.8 Å². The van der Waals surface area contributed by atoms with E-state index in [1.54, 1.807) is 13.1 Å². The molecule has 0 saturated heterocycles. The van der Waals surface area contributed by atoms with Crippen molar-refractivity contribution >= 4 is 0 Å². The Hall–Kier alpha value is -2.08. The minimum absolute atomic E-state index is 0. The molecule has 3 aromatic rings. The third-order valence-corrected chi connectivity index (χ3v) is 3.97. The zero-order chi connectivity index (χ0) is 16.8. The van der Waals surface area contributed by atoms with Crippen LogP contribution in [0.15, 0.2) is 59.5 Å². The normalized spacial score (nSPS) is 11.9. The monoisotopic (exact) mass is 360 g/mol. The van der Waals surface area contributed by atoms with Crippen LogP contribution in [-0.4, -0.2) is 21.2 Å². The molecule has 0 bridgehead atoms. The van der Waals surface area contributed by atoms with Gasteiger partial charge in [0.15, 0.2) is 0 Å². The van der Waals surface area contributed by atoms with Crippen LogP contribution in [0.1, 0.15) is 30.8 Å². The number of rotatable bonds is 8. The SMILES string of the molecule is CC(O)c1ccc(-c2ccc(CNCCCn3ccnc3)o2)cc1.[Cl-]. The molecule has 0 radical (unpaired) electrons. The Morgan fingerprint density at radius 2 is 2.00 bits per heavy atom. The van der Waals surface area contributed by atoms with Gasteiger partial charge in [-0.15, -0.1) is 0 Å². The highest BCUT2D eigenvalue weighted by Gasteiger charge is 2.06. The maximum Gasteiger partial charge on any atom is 0.134 e. The van der Waals surface area contributed by atoms with Crippen molar-refractivity contribution in [3.63, 3.8) is 0 Å². The molecule has 2 aromatic heterocycles. The zero-order valence-electron chi connectivity index (χ0n) is 14.2. The van der Waals surface area contributed by atoms with Crippen LogP contribution in [0, 0.1) is 0 Å². The topological polar surface area (TPSA) is 63.2 Å². The summed E-state index contributed by atoms with van der Waals surface area (Å²) in [6.45, 7) is 4.37. The largest absolute Gasteiger partial charge is 1.00 e. The van der Waals surface area contributed by atoms with Gasteiger partial charge in [0, 0.05) is 24.5 Å². The summed E-state index contributed by atoms with van der Waals surface area (Å²) >= 11 is 0. The molecule has 0 aliphatic rings. The van der Waals surface area contributed by atoms with Gasteiger partial charge in [-0.25, -0.2) is 4.98 Å². The van der Waals surface area contributed by atoms with E-state index in [0.29, 0.717) is 0 Å². The van der Waals surface area contributed by atoms with Crippen molar-refractivity contribution in [2.24, 2.45) is 0 Å². The molecule has 2 N–H and O–H groups in total. The number of aryl methyl sites for hydroxylation is 1. The first kappa shape index (κ1) is 19.2. The summed E-state index contributed by atoms with van der Waals surface area (Å²) < 4.78 is 7.96. The average Bonchev–Trinajstić information content (AvgIpc) is 3.26. The first-order valence-electron chi connectivity index (χ1n) is 8.26. The number of aliphatic hydroxyl groups excluding tert-OH is 1. The molecular weight excluding hydrogens is 338 g/mol. The van der Waals surface area contributed by atoms with E-state index >= 15 is 0 Å². The van der Waals surface area contributed by atoms with E-state index in [4.69, 9.17) is 4.42 Å². The van der Waals surface area contributed by atoms with Crippen LogP contribution in [0.5, 0.6) is 0 Å². The van der Waals surface area contributed by atoms with E-state index in [1.807, 2.05) is 48.9 Å². The van der Waals surface area contributed by atoms with Gasteiger partial charge in [-0.2, -0.15) is 0 Å². The summed E-state index contributed by atoms with van der Waals surface area (Å²) in [5.41, 5.74) is 1.93. The number of nitrogens with zero attached hydrogens (tertiary/aromatic N) is 2. The summed E-state index contributed by atoms with van der Waals surface area (Å²) in [5.74, 6) is 1.77. The first-order valence-corrected chi connectivity index (χ1v) is 8.26. The Morgan fingerprint density at radius 3 is 2.68 bits per heavy atom. The number of aliphatic hydroxyl groups is 1. The summed E-state index contributed by atoms with van der Waals surface area (Å²) in [4.78, 5) is 4.03. The molecule has 0 aliphatic carbocycles. The smallest absolute Gasteiger partial charge is 0.134 e. The molecule has 134 valence electrons. The number of nitrogens with one attached hydrogen (secondary N) is 1. The number of benzene rings is 1. The molecule has 1 aromatic carbocycles. The van der Waals surface area contributed by atoms with Gasteiger partial charge >= 0.3 is 0 Å². The highest BCUT2D eigenvalue weighted by molar-refractivity contribution is 5.58. The van der Waals surface area contributed by atoms with E-state index in [0.717, 1.165) is 48.7 Å². The second-order valence-corrected chi connectivity index (χ2v) is 5.89. The molecule has 2 heterocycles. The number of hydrogen-bond donors (Lipinski definition) is 2. The van der Waals surface area contributed by atoms with Crippen LogP contribution in [-0.2, 0) is 13.1 Å². The van der Waals surface area contributed by atoms with Crippen molar-refractivity contribution < 1.29 is 21.9 Å². The Bertz CT molecular complexity index is 736. The molecule has 0 fully saturated rings. The fourth-order valence-electron chi connectivity index (χ4n) is 2.57. The van der Waals surface area contributed by atoms with Gasteiger partial charge in [0.25, 0.3) is 0 Å². The minimum Gasteiger partial charge on any atom is -1.00 e. The minimum atomic E-state index is -0.447. The Kier molecular flexibility index (Phi) is 7.25. The van der Waals surface area contributed by atoms with E-state index in [2.05, 4.69) is 14.9 Å². The van der Waals surface area contributed by atoms with Crippen LogP contribution in [0.2, 0.25) is 0 Å². The lowest BCUT2D eigenvalue weighted by Crippen LogP contribution is -3.00. The number of furan rings is 1. The highest BCUT2D eigenvalue weighted by Crippen LogP contribution is 2.24. The van der Waals surface area contributed by atoms with Gasteiger partial charge in [-0.05, 0) is 37.6 Å². The fraction of sp³-hybridized carbons (Fsp3) is 0.316. The summed E-state index contributed by atoms with van der Waals surface area (Å²) in [6, 6.07) is 11.8. The maximum atomic E-state index is 9.55. The molecule has 0 aliphatic heterocycles. The second-order valence-electron chi connectivity index (χ2n) is 5.89. The lowest BCUT2D eigenvalue weighted by molar-refractivity contribution is -0.00000747. The van der Waals surface area contributed by atoms with Gasteiger partial charge in [0.05, 0.1) is 19.0 Å². The lowest BCUT2D eigenvalue weighted by Gasteiger charge is -2.05. The molecule has 5 nitrogen and oxygen atoms in total. The zero-order valence-corrected chi connectivity index (χ0v) is 15.0. The summed E-state index contributed by atoms with van der Waals surface area (Å²) in [5, 5.41) is 12.9.